The van der Waals surface area contributed by atoms with E-state index in [9.17, 15) is 23.1 Å². The molecule has 0 spiro atoms. The number of carbonyl (C=O) groups excluding carboxylic acids is 1. The zero-order valence-electron chi connectivity index (χ0n) is 7.26. The van der Waals surface area contributed by atoms with Crippen molar-refractivity contribution in [1.82, 2.24) is 0 Å². The van der Waals surface area contributed by atoms with E-state index < -0.39 is 23.3 Å². The standard InChI is InChI=1S/C8H5F3O2.K/c9-8(10,11)6-3-1-2-5(4-6)7(12)13;/h1-4H,(H,12,13);/q;+1/p-1. The predicted octanol–water partition coefficient (Wildman–Crippen LogP) is -1.93. The number of alkyl halides is 3. The van der Waals surface area contributed by atoms with Gasteiger partial charge in [-0.3, -0.25) is 0 Å². The number of carboxylic acids is 1. The van der Waals surface area contributed by atoms with Crippen LogP contribution >= 0.6 is 0 Å². The molecule has 0 unspecified atom stereocenters. The Hall–Kier alpha value is 0.116. The third-order valence-electron chi connectivity index (χ3n) is 1.43. The van der Waals surface area contributed by atoms with E-state index in [2.05, 4.69) is 0 Å². The minimum Gasteiger partial charge on any atom is -0.545 e. The largest absolute Gasteiger partial charge is 1.00 e. The van der Waals surface area contributed by atoms with Crippen molar-refractivity contribution < 1.29 is 74.5 Å². The average molecular weight is 228 g/mol. The average Bonchev–Trinajstić information content (AvgIpc) is 2.03. The van der Waals surface area contributed by atoms with E-state index in [-0.39, 0.29) is 51.4 Å². The van der Waals surface area contributed by atoms with Crippen LogP contribution in [0.1, 0.15) is 15.9 Å². The molecule has 0 aliphatic heterocycles. The Kier molecular flexibility index (Phi) is 5.31. The van der Waals surface area contributed by atoms with E-state index in [0.29, 0.717) is 6.07 Å². The van der Waals surface area contributed by atoms with Crippen LogP contribution in [0, 0.1) is 0 Å². The Morgan fingerprint density at radius 2 is 1.86 bits per heavy atom. The van der Waals surface area contributed by atoms with Gasteiger partial charge in [0, 0.05) is 0 Å². The smallest absolute Gasteiger partial charge is 0.545 e. The topological polar surface area (TPSA) is 40.1 Å². The molecule has 0 N–H and O–H groups in total. The fourth-order valence-corrected chi connectivity index (χ4v) is 0.822. The molecule has 0 saturated carbocycles. The van der Waals surface area contributed by atoms with Crippen LogP contribution in [0.25, 0.3) is 0 Å². The molecule has 0 radical (unpaired) electrons. The number of hydrogen-bond donors (Lipinski definition) is 0. The summed E-state index contributed by atoms with van der Waals surface area (Å²) in [6.45, 7) is 0. The van der Waals surface area contributed by atoms with Gasteiger partial charge in [-0.05, 0) is 17.7 Å². The van der Waals surface area contributed by atoms with Crippen molar-refractivity contribution in [2.75, 3.05) is 0 Å². The number of aromatic carboxylic acids is 1. The molecule has 2 nitrogen and oxygen atoms in total. The van der Waals surface area contributed by atoms with Crippen LogP contribution in [-0.2, 0) is 6.18 Å². The number of carboxylic acid groups (broad SMARTS) is 1. The van der Waals surface area contributed by atoms with E-state index >= 15 is 0 Å². The first kappa shape index (κ1) is 14.1. The van der Waals surface area contributed by atoms with Gasteiger partial charge in [0.25, 0.3) is 0 Å². The molecular weight excluding hydrogens is 224 g/mol. The third-order valence-corrected chi connectivity index (χ3v) is 1.43. The van der Waals surface area contributed by atoms with E-state index in [1.165, 1.54) is 0 Å². The molecule has 14 heavy (non-hydrogen) atoms. The molecule has 1 aromatic rings. The SMILES string of the molecule is O=C([O-])c1cccc(C(F)(F)F)c1.[K+]. The molecule has 0 amide bonds. The van der Waals surface area contributed by atoms with Gasteiger partial charge in [0.15, 0.2) is 0 Å². The summed E-state index contributed by atoms with van der Waals surface area (Å²) in [7, 11) is 0. The number of halogens is 3. The maximum Gasteiger partial charge on any atom is 1.00 e. The summed E-state index contributed by atoms with van der Waals surface area (Å²) in [5, 5.41) is 10.2. The van der Waals surface area contributed by atoms with Crippen molar-refractivity contribution in [3.63, 3.8) is 0 Å². The van der Waals surface area contributed by atoms with Crippen molar-refractivity contribution >= 4 is 5.97 Å². The van der Waals surface area contributed by atoms with Crippen LogP contribution in [-0.4, -0.2) is 5.97 Å². The Balaban J connectivity index is 0.00000169. The third kappa shape index (κ3) is 3.70. The molecule has 0 saturated heterocycles. The summed E-state index contributed by atoms with van der Waals surface area (Å²) in [6.07, 6.45) is -4.52. The molecule has 0 aliphatic carbocycles. The monoisotopic (exact) mass is 228 g/mol. The summed E-state index contributed by atoms with van der Waals surface area (Å²) in [5.41, 5.74) is -1.47. The fourth-order valence-electron chi connectivity index (χ4n) is 0.822. The molecule has 0 fully saturated rings. The van der Waals surface area contributed by atoms with Gasteiger partial charge in [-0.2, -0.15) is 13.2 Å². The molecule has 0 aromatic heterocycles. The summed E-state index contributed by atoms with van der Waals surface area (Å²) < 4.78 is 36.1. The molecule has 0 heterocycles. The first-order valence-corrected chi connectivity index (χ1v) is 3.30. The van der Waals surface area contributed by atoms with Crippen LogP contribution < -0.4 is 56.5 Å². The maximum absolute atomic E-state index is 12.0. The summed E-state index contributed by atoms with van der Waals surface area (Å²) >= 11 is 0. The minimum absolute atomic E-state index is 0. The number of benzene rings is 1. The van der Waals surface area contributed by atoms with Crippen LogP contribution in [0.15, 0.2) is 24.3 Å². The zero-order valence-corrected chi connectivity index (χ0v) is 10.4. The number of carbonyl (C=O) groups is 1. The van der Waals surface area contributed by atoms with E-state index in [1.807, 2.05) is 0 Å². The van der Waals surface area contributed by atoms with Gasteiger partial charge in [0.05, 0.1) is 11.5 Å². The Morgan fingerprint density at radius 1 is 1.29 bits per heavy atom. The summed E-state index contributed by atoms with van der Waals surface area (Å²) in [4.78, 5) is 10.2. The Morgan fingerprint density at radius 3 is 2.29 bits per heavy atom. The molecule has 0 atom stereocenters. The number of rotatable bonds is 1. The Labute approximate surface area is 121 Å². The van der Waals surface area contributed by atoms with Crippen LogP contribution in [0.5, 0.6) is 0 Å². The molecular formula is C8H4F3KO2. The van der Waals surface area contributed by atoms with E-state index in [1.54, 1.807) is 0 Å². The van der Waals surface area contributed by atoms with Gasteiger partial charge in [-0.25, -0.2) is 0 Å². The van der Waals surface area contributed by atoms with Gasteiger partial charge in [0.2, 0.25) is 0 Å². The maximum atomic E-state index is 12.0. The second-order valence-electron chi connectivity index (χ2n) is 2.37. The van der Waals surface area contributed by atoms with Gasteiger partial charge < -0.3 is 9.90 Å². The summed E-state index contributed by atoms with van der Waals surface area (Å²) in [6, 6.07) is 3.40. The van der Waals surface area contributed by atoms with Crippen molar-refractivity contribution in [2.24, 2.45) is 0 Å². The normalized spacial score (nSPS) is 10.5. The van der Waals surface area contributed by atoms with Gasteiger partial charge >= 0.3 is 57.6 Å². The first-order chi connectivity index (χ1) is 5.91. The van der Waals surface area contributed by atoms with Crippen molar-refractivity contribution in [3.05, 3.63) is 35.4 Å². The van der Waals surface area contributed by atoms with Crippen LogP contribution in [0.3, 0.4) is 0 Å². The van der Waals surface area contributed by atoms with Gasteiger partial charge in [0.1, 0.15) is 0 Å². The van der Waals surface area contributed by atoms with Crippen molar-refractivity contribution in [2.45, 2.75) is 6.18 Å². The van der Waals surface area contributed by atoms with Crippen molar-refractivity contribution in [3.8, 4) is 0 Å². The number of hydrogen-bond acceptors (Lipinski definition) is 2. The summed E-state index contributed by atoms with van der Waals surface area (Å²) in [5.74, 6) is -1.62. The first-order valence-electron chi connectivity index (χ1n) is 3.30. The fraction of sp³-hybridized carbons (Fsp3) is 0.125. The Bertz CT molecular complexity index is 336. The quantitative estimate of drug-likeness (QED) is 0.525. The second-order valence-corrected chi connectivity index (χ2v) is 2.37. The van der Waals surface area contributed by atoms with E-state index in [0.717, 1.165) is 18.2 Å². The predicted molar refractivity (Wildman–Crippen MR) is 35.8 cm³/mol. The second kappa shape index (κ2) is 5.27. The van der Waals surface area contributed by atoms with Gasteiger partial charge in [-0.15, -0.1) is 0 Å². The molecule has 6 heteroatoms. The molecule has 1 aromatic carbocycles. The molecule has 70 valence electrons. The van der Waals surface area contributed by atoms with Crippen molar-refractivity contribution in [1.29, 1.82) is 0 Å². The minimum atomic E-state index is -4.52. The van der Waals surface area contributed by atoms with Crippen LogP contribution in [0.2, 0.25) is 0 Å². The molecule has 1 rings (SSSR count). The van der Waals surface area contributed by atoms with Gasteiger partial charge in [-0.1, -0.05) is 12.1 Å². The zero-order chi connectivity index (χ0) is 10.1. The molecule has 0 bridgehead atoms. The van der Waals surface area contributed by atoms with Crippen LogP contribution in [0.4, 0.5) is 13.2 Å². The van der Waals surface area contributed by atoms with E-state index in [4.69, 9.17) is 0 Å². The molecule has 0 aliphatic rings.